The maximum absolute atomic E-state index is 13.1. The van der Waals surface area contributed by atoms with Crippen molar-refractivity contribution in [3.8, 4) is 5.75 Å². The molecular weight excluding hydrogens is 406 g/mol. The molecule has 0 saturated carbocycles. The Bertz CT molecular complexity index is 1040. The van der Waals surface area contributed by atoms with Gasteiger partial charge < -0.3 is 4.74 Å². The number of ether oxygens (including phenoxy) is 1. The Morgan fingerprint density at radius 3 is 2.78 bits per heavy atom. The van der Waals surface area contributed by atoms with Crippen molar-refractivity contribution in [2.45, 2.75) is 33.1 Å². The SMILES string of the molecule is CCOc1ccccc1C=Nn1c([C@@H](C)CC)nc2ccc(Br)cc2c1=O. The predicted octanol–water partition coefficient (Wildman–Crippen LogP) is 4.95. The lowest BCUT2D eigenvalue weighted by Crippen LogP contribution is -2.23. The first kappa shape index (κ1) is 19.3. The molecule has 3 rings (SSSR count). The maximum Gasteiger partial charge on any atom is 0.282 e. The normalized spacial score (nSPS) is 12.6. The van der Waals surface area contributed by atoms with Crippen molar-refractivity contribution >= 4 is 33.0 Å². The summed E-state index contributed by atoms with van der Waals surface area (Å²) in [6.07, 6.45) is 2.52. The van der Waals surface area contributed by atoms with E-state index in [1.165, 1.54) is 4.68 Å². The zero-order chi connectivity index (χ0) is 19.4. The highest BCUT2D eigenvalue weighted by Gasteiger charge is 2.15. The van der Waals surface area contributed by atoms with Gasteiger partial charge in [-0.2, -0.15) is 9.78 Å². The van der Waals surface area contributed by atoms with E-state index in [0.29, 0.717) is 23.3 Å². The van der Waals surface area contributed by atoms with Crippen LogP contribution in [0.4, 0.5) is 0 Å². The molecule has 1 atom stereocenters. The average molecular weight is 428 g/mol. The second kappa shape index (κ2) is 8.48. The van der Waals surface area contributed by atoms with Crippen LogP contribution in [-0.2, 0) is 0 Å². The van der Waals surface area contributed by atoms with Gasteiger partial charge in [-0.3, -0.25) is 4.79 Å². The van der Waals surface area contributed by atoms with E-state index in [0.717, 1.165) is 22.2 Å². The Morgan fingerprint density at radius 2 is 2.04 bits per heavy atom. The Morgan fingerprint density at radius 1 is 1.26 bits per heavy atom. The molecule has 6 heteroatoms. The highest BCUT2D eigenvalue weighted by atomic mass is 79.9. The van der Waals surface area contributed by atoms with Crippen LogP contribution in [0, 0.1) is 0 Å². The summed E-state index contributed by atoms with van der Waals surface area (Å²) in [5.74, 6) is 1.49. The molecule has 140 valence electrons. The van der Waals surface area contributed by atoms with Gasteiger partial charge in [0.25, 0.3) is 5.56 Å². The number of hydrogen-bond donors (Lipinski definition) is 0. The van der Waals surface area contributed by atoms with Crippen LogP contribution in [0.5, 0.6) is 5.75 Å². The molecule has 0 saturated heterocycles. The molecule has 27 heavy (non-hydrogen) atoms. The van der Waals surface area contributed by atoms with Gasteiger partial charge in [-0.25, -0.2) is 4.98 Å². The summed E-state index contributed by atoms with van der Waals surface area (Å²) >= 11 is 3.42. The van der Waals surface area contributed by atoms with E-state index in [1.54, 1.807) is 12.3 Å². The minimum atomic E-state index is -0.179. The first-order valence-electron chi connectivity index (χ1n) is 9.03. The summed E-state index contributed by atoms with van der Waals surface area (Å²) < 4.78 is 7.88. The molecule has 1 aromatic heterocycles. The van der Waals surface area contributed by atoms with Gasteiger partial charge in [-0.1, -0.05) is 41.9 Å². The Balaban J connectivity index is 2.17. The van der Waals surface area contributed by atoms with Crippen LogP contribution in [0.2, 0.25) is 0 Å². The van der Waals surface area contributed by atoms with Gasteiger partial charge in [-0.05, 0) is 43.7 Å². The quantitative estimate of drug-likeness (QED) is 0.522. The fraction of sp³-hybridized carbons (Fsp3) is 0.286. The van der Waals surface area contributed by atoms with E-state index in [9.17, 15) is 4.79 Å². The van der Waals surface area contributed by atoms with Crippen LogP contribution in [0.1, 0.15) is 44.5 Å². The lowest BCUT2D eigenvalue weighted by molar-refractivity contribution is 0.340. The predicted molar refractivity (Wildman–Crippen MR) is 113 cm³/mol. The molecule has 0 bridgehead atoms. The molecule has 0 radical (unpaired) electrons. The molecule has 3 aromatic rings. The number of fused-ring (bicyclic) bond motifs is 1. The zero-order valence-electron chi connectivity index (χ0n) is 15.6. The van der Waals surface area contributed by atoms with E-state index >= 15 is 0 Å². The first-order chi connectivity index (χ1) is 13.0. The topological polar surface area (TPSA) is 56.5 Å². The first-order valence-corrected chi connectivity index (χ1v) is 9.82. The Labute approximate surface area is 166 Å². The number of rotatable bonds is 6. The fourth-order valence-electron chi connectivity index (χ4n) is 2.77. The van der Waals surface area contributed by atoms with Crippen LogP contribution in [-0.4, -0.2) is 22.5 Å². The number of hydrogen-bond acceptors (Lipinski definition) is 4. The van der Waals surface area contributed by atoms with Crippen molar-refractivity contribution in [3.63, 3.8) is 0 Å². The van der Waals surface area contributed by atoms with Crippen molar-refractivity contribution < 1.29 is 4.74 Å². The van der Waals surface area contributed by atoms with Crippen molar-refractivity contribution in [1.82, 2.24) is 9.66 Å². The minimum absolute atomic E-state index is 0.102. The van der Waals surface area contributed by atoms with Crippen LogP contribution in [0.25, 0.3) is 10.9 Å². The molecule has 0 aliphatic rings. The highest BCUT2D eigenvalue weighted by molar-refractivity contribution is 9.10. The van der Waals surface area contributed by atoms with Crippen molar-refractivity contribution in [2.75, 3.05) is 6.61 Å². The van der Waals surface area contributed by atoms with Gasteiger partial charge in [0.15, 0.2) is 0 Å². The van der Waals surface area contributed by atoms with Gasteiger partial charge in [0.2, 0.25) is 0 Å². The van der Waals surface area contributed by atoms with E-state index in [4.69, 9.17) is 9.72 Å². The lowest BCUT2D eigenvalue weighted by Gasteiger charge is -2.14. The van der Waals surface area contributed by atoms with Gasteiger partial charge in [0.1, 0.15) is 11.6 Å². The van der Waals surface area contributed by atoms with Crippen molar-refractivity contribution in [2.24, 2.45) is 5.10 Å². The summed E-state index contributed by atoms with van der Waals surface area (Å²) in [5, 5.41) is 5.02. The molecule has 0 fully saturated rings. The summed E-state index contributed by atoms with van der Waals surface area (Å²) in [7, 11) is 0. The minimum Gasteiger partial charge on any atom is -0.493 e. The molecular formula is C21H22BrN3O2. The van der Waals surface area contributed by atoms with Gasteiger partial charge in [0, 0.05) is 16.0 Å². The highest BCUT2D eigenvalue weighted by Crippen LogP contribution is 2.21. The zero-order valence-corrected chi connectivity index (χ0v) is 17.2. The molecule has 0 amide bonds. The third-order valence-corrected chi connectivity index (χ3v) is 4.91. The molecule has 1 heterocycles. The fourth-order valence-corrected chi connectivity index (χ4v) is 3.13. The molecule has 0 spiro atoms. The number of nitrogens with zero attached hydrogens (tertiary/aromatic N) is 3. The molecule has 0 aliphatic heterocycles. The summed E-state index contributed by atoms with van der Waals surface area (Å²) in [6, 6.07) is 13.1. The van der Waals surface area contributed by atoms with Gasteiger partial charge in [0.05, 0.1) is 23.7 Å². The molecule has 0 unspecified atom stereocenters. The number of aromatic nitrogens is 2. The third-order valence-electron chi connectivity index (χ3n) is 4.42. The van der Waals surface area contributed by atoms with Gasteiger partial charge >= 0.3 is 0 Å². The number of para-hydroxylation sites is 1. The monoisotopic (exact) mass is 427 g/mol. The largest absolute Gasteiger partial charge is 0.493 e. The van der Waals surface area contributed by atoms with Gasteiger partial charge in [-0.15, -0.1) is 0 Å². The molecule has 0 aliphatic carbocycles. The van der Waals surface area contributed by atoms with E-state index in [-0.39, 0.29) is 11.5 Å². The summed E-state index contributed by atoms with van der Waals surface area (Å²) in [5.41, 5.74) is 1.32. The third kappa shape index (κ3) is 4.11. The van der Waals surface area contributed by atoms with Crippen LogP contribution < -0.4 is 10.3 Å². The van der Waals surface area contributed by atoms with Crippen LogP contribution >= 0.6 is 15.9 Å². The number of halogens is 1. The average Bonchev–Trinajstić information content (AvgIpc) is 2.68. The summed E-state index contributed by atoms with van der Waals surface area (Å²) in [4.78, 5) is 17.8. The second-order valence-corrected chi connectivity index (χ2v) is 7.19. The number of benzene rings is 2. The van der Waals surface area contributed by atoms with Crippen molar-refractivity contribution in [3.05, 3.63) is 68.7 Å². The van der Waals surface area contributed by atoms with E-state index in [1.807, 2.05) is 50.2 Å². The van der Waals surface area contributed by atoms with E-state index < -0.39 is 0 Å². The Hall–Kier alpha value is -2.47. The summed E-state index contributed by atoms with van der Waals surface area (Å²) in [6.45, 7) is 6.62. The van der Waals surface area contributed by atoms with Crippen molar-refractivity contribution in [1.29, 1.82) is 0 Å². The maximum atomic E-state index is 13.1. The van der Waals surface area contributed by atoms with Crippen LogP contribution in [0.3, 0.4) is 0 Å². The lowest BCUT2D eigenvalue weighted by atomic mass is 10.1. The molecule has 2 aromatic carbocycles. The molecule has 0 N–H and O–H groups in total. The standard InChI is InChI=1S/C21H22BrN3O2/c1-4-14(3)20-24-18-11-10-16(22)12-17(18)21(26)25(20)23-13-15-8-6-7-9-19(15)27-5-2/h6-14H,4-5H2,1-3H3/t14-/m0/s1. The second-order valence-electron chi connectivity index (χ2n) is 6.27. The smallest absolute Gasteiger partial charge is 0.282 e. The molecule has 5 nitrogen and oxygen atoms in total. The van der Waals surface area contributed by atoms with E-state index in [2.05, 4.69) is 28.0 Å². The Kier molecular flexibility index (Phi) is 6.06. The van der Waals surface area contributed by atoms with Crippen LogP contribution in [0.15, 0.2) is 56.8 Å².